The maximum Gasteiger partial charge on any atom is 0.140 e. The van der Waals surface area contributed by atoms with E-state index in [1.165, 1.54) is 104 Å². The topological polar surface area (TPSA) is 26.1 Å². The highest BCUT2D eigenvalue weighted by Crippen LogP contribution is 2.62. The van der Waals surface area contributed by atoms with Crippen molar-refractivity contribution in [3.05, 3.63) is 505 Å². The number of aryl methyl sites for hydroxylation is 1. The number of para-hydroxylation sites is 8. The van der Waals surface area contributed by atoms with Crippen molar-refractivity contribution in [2.45, 2.75) is 37.5 Å². The Hall–Kier alpha value is -14.8. The Balaban J connectivity index is 0.000000149. The van der Waals surface area contributed by atoms with E-state index in [0.717, 1.165) is 84.4 Å². The third kappa shape index (κ3) is 12.3. The Morgan fingerprint density at radius 1 is 0.267 bits per heavy atom. The third-order valence-corrected chi connectivity index (χ3v) is 25.8. The monoisotopic (exact) mass is 1560 g/mol. The molecule has 20 aromatic rings. The quantitative estimate of drug-likeness (QED) is 0.102. The Kier molecular flexibility index (Phi) is 18.6. The fourth-order valence-electron chi connectivity index (χ4n) is 19.1. The van der Waals surface area contributed by atoms with E-state index in [1.54, 1.807) is 0 Å². The SMILES string of the molecule is CC(C)c1ccc(C2(c3cccc4c3sc3ccccc34)c3ccccc3N(c3ccc(N(c4ccccc4)c4ccc(-c5ccccc5)cc4)cc3)c3ccccc32)cc1.Cc1ccccc1C1(c2cccc3c2oc2ccccc23)c2ccccc2N(c2ccc(N(c3ccccc3)c3ccc(-c4ccccc4)cc3)cc2)c2ccccc21. The van der Waals surface area contributed by atoms with E-state index >= 15 is 0 Å². The zero-order chi connectivity index (χ0) is 80.3. The number of rotatable bonds is 15. The molecule has 0 unspecified atom stereocenters. The van der Waals surface area contributed by atoms with Crippen LogP contribution in [-0.4, -0.2) is 0 Å². The van der Waals surface area contributed by atoms with E-state index in [0.29, 0.717) is 5.92 Å². The van der Waals surface area contributed by atoms with Crippen LogP contribution in [0.2, 0.25) is 0 Å². The molecular weight excluding hydrogens is 1470 g/mol. The van der Waals surface area contributed by atoms with Crippen molar-refractivity contribution in [3.8, 4) is 22.3 Å². The van der Waals surface area contributed by atoms with Gasteiger partial charge in [0.2, 0.25) is 0 Å². The molecule has 22 rings (SSSR count). The first kappa shape index (κ1) is 72.9. The van der Waals surface area contributed by atoms with Crippen LogP contribution in [0.25, 0.3) is 64.4 Å². The largest absolute Gasteiger partial charge is 0.456 e. The van der Waals surface area contributed by atoms with Gasteiger partial charge in [-0.25, -0.2) is 0 Å². The van der Waals surface area contributed by atoms with Gasteiger partial charge < -0.3 is 24.0 Å². The van der Waals surface area contributed by atoms with Gasteiger partial charge in [-0.2, -0.15) is 0 Å². The van der Waals surface area contributed by atoms with E-state index < -0.39 is 10.8 Å². The van der Waals surface area contributed by atoms with E-state index in [4.69, 9.17) is 4.42 Å². The van der Waals surface area contributed by atoms with Crippen molar-refractivity contribution in [2.75, 3.05) is 19.6 Å². The lowest BCUT2D eigenvalue weighted by Gasteiger charge is -2.46. The van der Waals surface area contributed by atoms with E-state index in [2.05, 4.69) is 489 Å². The van der Waals surface area contributed by atoms with Crippen LogP contribution in [-0.2, 0) is 10.8 Å². The molecule has 0 radical (unpaired) electrons. The van der Waals surface area contributed by atoms with Crippen molar-refractivity contribution in [2.24, 2.45) is 0 Å². The number of hydrogen-bond acceptors (Lipinski definition) is 6. The minimum Gasteiger partial charge on any atom is -0.456 e. The predicted octanol–water partition coefficient (Wildman–Crippen LogP) is 31.7. The van der Waals surface area contributed by atoms with Crippen LogP contribution in [0.1, 0.15) is 75.4 Å². The summed E-state index contributed by atoms with van der Waals surface area (Å²) < 4.78 is 9.53. The Morgan fingerprint density at radius 3 is 1.09 bits per heavy atom. The van der Waals surface area contributed by atoms with Crippen LogP contribution in [0, 0.1) is 6.92 Å². The lowest BCUT2D eigenvalue weighted by Crippen LogP contribution is -2.38. The Labute approximate surface area is 705 Å². The van der Waals surface area contributed by atoms with Gasteiger partial charge in [0.25, 0.3) is 0 Å². The summed E-state index contributed by atoms with van der Waals surface area (Å²) in [4.78, 5) is 9.58. The molecule has 0 aliphatic carbocycles. The molecule has 5 nitrogen and oxygen atoms in total. The maximum absolute atomic E-state index is 6.88. The summed E-state index contributed by atoms with van der Waals surface area (Å²) in [6, 6.07) is 164. The number of fused-ring (bicyclic) bond motifs is 10. The second-order valence-electron chi connectivity index (χ2n) is 31.6. The van der Waals surface area contributed by atoms with Gasteiger partial charge in [-0.05, 0) is 219 Å². The molecule has 2 aliphatic heterocycles. The smallest absolute Gasteiger partial charge is 0.140 e. The van der Waals surface area contributed by atoms with Crippen LogP contribution in [0.5, 0.6) is 0 Å². The van der Waals surface area contributed by atoms with Gasteiger partial charge in [0.15, 0.2) is 0 Å². The van der Waals surface area contributed by atoms with Crippen LogP contribution >= 0.6 is 11.3 Å². The van der Waals surface area contributed by atoms with Crippen molar-refractivity contribution in [1.29, 1.82) is 0 Å². The standard InChI is InChI=1S/C58H44N2S.C56H40N2O/c1-40(2)41-28-32-44(33-29-41)58(53-24-15-21-50-49-20-9-14-27-56(49)61-57(50)53)51-22-10-12-25-54(51)60(55-26-13-11-23-52(55)58)48-38-36-47(37-39-48)59(45-18-7-4-8-19-45)46-34-30-43(31-35-46)42-16-5-3-6-17-42;1-39-17-8-10-24-48(39)56(51-27-16-23-47-46-22-9-15-30-54(46)59-55(47)51)49-25-11-13-28-52(49)58(53-29-14-12-26-50(53)56)45-37-35-44(36-38-45)57(42-20-6-3-7-21-42)43-33-31-41(32-34-43)40-18-4-2-5-19-40/h3-40H,1-2H3;2-38H,1H3. The number of benzene rings is 18. The summed E-state index contributed by atoms with van der Waals surface area (Å²) in [5.74, 6) is 0.437. The van der Waals surface area contributed by atoms with Crippen molar-refractivity contribution in [1.82, 2.24) is 0 Å². The molecule has 0 amide bonds. The van der Waals surface area contributed by atoms with Crippen LogP contribution < -0.4 is 19.6 Å². The number of anilines is 12. The number of thiophene rings is 1. The summed E-state index contributed by atoms with van der Waals surface area (Å²) in [5, 5.41) is 4.86. The van der Waals surface area contributed by atoms with E-state index in [-0.39, 0.29) is 0 Å². The van der Waals surface area contributed by atoms with Gasteiger partial charge in [0.05, 0.1) is 33.6 Å². The molecule has 0 atom stereocenters. The second kappa shape index (κ2) is 30.7. The van der Waals surface area contributed by atoms with Gasteiger partial charge in [0, 0.05) is 82.0 Å². The average Bonchev–Trinajstić information content (AvgIpc) is 1.11. The predicted molar refractivity (Wildman–Crippen MR) is 505 cm³/mol. The minimum absolute atomic E-state index is 0.437. The van der Waals surface area contributed by atoms with Crippen LogP contribution in [0.3, 0.4) is 0 Å². The molecule has 0 saturated heterocycles. The summed E-state index contributed by atoms with van der Waals surface area (Å²) >= 11 is 1.91. The third-order valence-electron chi connectivity index (χ3n) is 24.6. The van der Waals surface area contributed by atoms with Gasteiger partial charge in [-0.3, -0.25) is 0 Å². The van der Waals surface area contributed by atoms with Gasteiger partial charge in [0.1, 0.15) is 11.2 Å². The van der Waals surface area contributed by atoms with Crippen molar-refractivity contribution < 1.29 is 4.42 Å². The molecule has 4 heterocycles. The summed E-state index contributed by atoms with van der Waals surface area (Å²) in [5.41, 5.74) is 31.2. The number of furan rings is 1. The normalized spacial score (nSPS) is 13.0. The Bertz CT molecular complexity index is 7030. The summed E-state index contributed by atoms with van der Waals surface area (Å²) in [6.07, 6.45) is 0. The summed E-state index contributed by atoms with van der Waals surface area (Å²) in [6.45, 7) is 6.79. The molecule has 18 aromatic carbocycles. The molecule has 2 aliphatic rings. The molecule has 572 valence electrons. The molecule has 0 bridgehead atoms. The Morgan fingerprint density at radius 2 is 0.617 bits per heavy atom. The number of nitrogens with zero attached hydrogens (tertiary/aromatic N) is 4. The van der Waals surface area contributed by atoms with Crippen molar-refractivity contribution in [3.63, 3.8) is 0 Å². The zero-order valence-corrected chi connectivity index (χ0v) is 67.7. The second-order valence-corrected chi connectivity index (χ2v) is 32.6. The minimum atomic E-state index is -0.682. The van der Waals surface area contributed by atoms with Crippen LogP contribution in [0.15, 0.2) is 453 Å². The van der Waals surface area contributed by atoms with E-state index in [1.807, 2.05) is 11.3 Å². The first-order chi connectivity index (χ1) is 59.3. The molecule has 120 heavy (non-hydrogen) atoms. The van der Waals surface area contributed by atoms with Gasteiger partial charge >= 0.3 is 0 Å². The van der Waals surface area contributed by atoms with Gasteiger partial charge in [-0.15, -0.1) is 11.3 Å². The molecule has 0 N–H and O–H groups in total. The first-order valence-electron chi connectivity index (χ1n) is 41.5. The maximum atomic E-state index is 6.88. The fourth-order valence-corrected chi connectivity index (χ4v) is 20.4. The summed E-state index contributed by atoms with van der Waals surface area (Å²) in [7, 11) is 0. The number of hydrogen-bond donors (Lipinski definition) is 0. The molecule has 0 spiro atoms. The van der Waals surface area contributed by atoms with Crippen LogP contribution in [0.4, 0.5) is 68.2 Å². The lowest BCUT2D eigenvalue weighted by atomic mass is 9.61. The highest BCUT2D eigenvalue weighted by Gasteiger charge is 2.50. The van der Waals surface area contributed by atoms with Gasteiger partial charge in [-0.1, -0.05) is 329 Å². The fraction of sp³-hybridized carbons (Fsp3) is 0.0526. The first-order valence-corrected chi connectivity index (χ1v) is 42.3. The molecule has 0 saturated carbocycles. The molecule has 0 fully saturated rings. The molecule has 6 heteroatoms. The van der Waals surface area contributed by atoms with Crippen molar-refractivity contribution >= 4 is 122 Å². The molecule has 2 aromatic heterocycles. The van der Waals surface area contributed by atoms with E-state index in [9.17, 15) is 0 Å². The zero-order valence-electron chi connectivity index (χ0n) is 66.9. The highest BCUT2D eigenvalue weighted by molar-refractivity contribution is 7.26. The lowest BCUT2D eigenvalue weighted by molar-refractivity contribution is 0.642. The average molecular weight is 1560 g/mol. The molecular formula is C114H84N4OS. The highest BCUT2D eigenvalue weighted by atomic mass is 32.1.